The van der Waals surface area contributed by atoms with Crippen LogP contribution >= 0.6 is 11.3 Å². The van der Waals surface area contributed by atoms with Gasteiger partial charge in [-0.15, -0.1) is 11.3 Å². The Hall–Kier alpha value is -1.63. The van der Waals surface area contributed by atoms with E-state index in [1.165, 1.54) is 0 Å². The number of nitrogens with zero attached hydrogens (tertiary/aromatic N) is 1. The minimum Gasteiger partial charge on any atom is -0.497 e. The van der Waals surface area contributed by atoms with Crippen LogP contribution in [0, 0.1) is 6.92 Å². The number of hydrogen-bond acceptors (Lipinski definition) is 5. The lowest BCUT2D eigenvalue weighted by atomic mass is 10.1. The molecule has 5 nitrogen and oxygen atoms in total. The maximum atomic E-state index is 12.7. The lowest BCUT2D eigenvalue weighted by Crippen LogP contribution is -2.37. The van der Waals surface area contributed by atoms with Gasteiger partial charge in [0.15, 0.2) is 0 Å². The first-order chi connectivity index (χ1) is 11.6. The van der Waals surface area contributed by atoms with E-state index in [4.69, 9.17) is 9.47 Å². The van der Waals surface area contributed by atoms with E-state index in [0.29, 0.717) is 0 Å². The van der Waals surface area contributed by atoms with Gasteiger partial charge in [0.2, 0.25) is 0 Å². The van der Waals surface area contributed by atoms with Gasteiger partial charge in [-0.25, -0.2) is 0 Å². The van der Waals surface area contributed by atoms with E-state index < -0.39 is 0 Å². The molecule has 0 spiro atoms. The van der Waals surface area contributed by atoms with Gasteiger partial charge in [0.05, 0.1) is 18.6 Å². The average molecular weight is 348 g/mol. The molecule has 0 radical (unpaired) electrons. The predicted octanol–water partition coefficient (Wildman–Crippen LogP) is 2.67. The second-order valence-corrected chi connectivity index (χ2v) is 7.22. The fourth-order valence-corrected chi connectivity index (χ4v) is 4.26. The third-order valence-corrected chi connectivity index (χ3v) is 5.84. The Labute approximate surface area is 146 Å². The van der Waals surface area contributed by atoms with E-state index in [1.807, 2.05) is 25.1 Å². The number of hydrogen-bond donors (Lipinski definition) is 1. The number of ether oxygens (including phenoxy) is 2. The van der Waals surface area contributed by atoms with Gasteiger partial charge in [-0.1, -0.05) is 0 Å². The lowest BCUT2D eigenvalue weighted by Gasteiger charge is -2.16. The first kappa shape index (κ1) is 17.2. The number of fused-ring (bicyclic) bond motifs is 1. The highest BCUT2D eigenvalue weighted by Gasteiger charge is 2.25. The summed E-state index contributed by atoms with van der Waals surface area (Å²) in [6, 6.07) is 6.17. The van der Waals surface area contributed by atoms with Crippen molar-refractivity contribution in [1.29, 1.82) is 0 Å². The summed E-state index contributed by atoms with van der Waals surface area (Å²) in [5, 5.41) is 4.28. The van der Waals surface area contributed by atoms with Gasteiger partial charge in [-0.05, 0) is 42.5 Å². The van der Waals surface area contributed by atoms with Gasteiger partial charge in [0.25, 0.3) is 5.91 Å². The summed E-state index contributed by atoms with van der Waals surface area (Å²) in [6.45, 7) is 5.57. The van der Waals surface area contributed by atoms with Crippen LogP contribution in [-0.4, -0.2) is 57.3 Å². The highest BCUT2D eigenvalue weighted by Crippen LogP contribution is 2.33. The molecule has 2 heterocycles. The van der Waals surface area contributed by atoms with Crippen LogP contribution in [-0.2, 0) is 4.74 Å². The van der Waals surface area contributed by atoms with E-state index in [2.05, 4.69) is 10.2 Å². The molecular weight excluding hydrogens is 324 g/mol. The smallest absolute Gasteiger partial charge is 0.261 e. The van der Waals surface area contributed by atoms with Crippen molar-refractivity contribution >= 4 is 27.3 Å². The Morgan fingerprint density at radius 1 is 1.42 bits per heavy atom. The van der Waals surface area contributed by atoms with Crippen molar-refractivity contribution in [2.24, 2.45) is 0 Å². The number of nitrogens with one attached hydrogen (secondary N) is 1. The molecule has 1 aromatic carbocycles. The van der Waals surface area contributed by atoms with Gasteiger partial charge < -0.3 is 14.8 Å². The SMILES string of the molecule is COCCN1CC[C@@H](NC(=O)c2sc3ccc(OC)cc3c2C)C1. The Morgan fingerprint density at radius 3 is 3.00 bits per heavy atom. The summed E-state index contributed by atoms with van der Waals surface area (Å²) >= 11 is 1.55. The number of carbonyl (C=O) groups is 1. The molecule has 0 saturated carbocycles. The largest absolute Gasteiger partial charge is 0.497 e. The number of thiophene rings is 1. The summed E-state index contributed by atoms with van der Waals surface area (Å²) in [4.78, 5) is 15.8. The Balaban J connectivity index is 1.69. The Morgan fingerprint density at radius 2 is 2.25 bits per heavy atom. The number of rotatable bonds is 6. The summed E-state index contributed by atoms with van der Waals surface area (Å²) in [5.74, 6) is 0.853. The van der Waals surface area contributed by atoms with Gasteiger partial charge in [-0.2, -0.15) is 0 Å². The molecule has 24 heavy (non-hydrogen) atoms. The van der Waals surface area contributed by atoms with E-state index in [-0.39, 0.29) is 11.9 Å². The molecule has 1 aliphatic heterocycles. The normalized spacial score (nSPS) is 18.2. The van der Waals surface area contributed by atoms with Gasteiger partial charge >= 0.3 is 0 Å². The standard InChI is InChI=1S/C18H24N2O3S/c1-12-15-10-14(23-3)4-5-16(15)24-17(12)18(21)19-13-6-7-20(11-13)8-9-22-2/h4-5,10,13H,6-9,11H2,1-3H3,(H,19,21)/t13-/m1/s1. The monoisotopic (exact) mass is 348 g/mol. The summed E-state index contributed by atoms with van der Waals surface area (Å²) in [6.07, 6.45) is 0.993. The van der Waals surface area contributed by atoms with Crippen molar-refractivity contribution in [3.63, 3.8) is 0 Å². The van der Waals surface area contributed by atoms with Crippen LogP contribution in [0.25, 0.3) is 10.1 Å². The topological polar surface area (TPSA) is 50.8 Å². The minimum atomic E-state index is 0.0336. The summed E-state index contributed by atoms with van der Waals surface area (Å²) < 4.78 is 11.5. The van der Waals surface area contributed by atoms with Crippen molar-refractivity contribution in [2.75, 3.05) is 40.5 Å². The second-order valence-electron chi connectivity index (χ2n) is 6.17. The number of methoxy groups -OCH3 is 2. The molecule has 1 aromatic heterocycles. The van der Waals surface area contributed by atoms with Crippen LogP contribution < -0.4 is 10.1 Å². The molecule has 1 amide bonds. The maximum absolute atomic E-state index is 12.7. The molecule has 1 N–H and O–H groups in total. The van der Waals surface area contributed by atoms with Crippen molar-refractivity contribution in [3.05, 3.63) is 28.6 Å². The Bertz CT molecular complexity index is 728. The molecule has 0 unspecified atom stereocenters. The van der Waals surface area contributed by atoms with Crippen LogP contribution in [0.1, 0.15) is 21.7 Å². The van der Waals surface area contributed by atoms with Gasteiger partial charge in [-0.3, -0.25) is 9.69 Å². The van der Waals surface area contributed by atoms with Crippen molar-refractivity contribution < 1.29 is 14.3 Å². The number of aryl methyl sites for hydroxylation is 1. The first-order valence-corrected chi connectivity index (χ1v) is 9.03. The molecule has 0 bridgehead atoms. The van der Waals surface area contributed by atoms with Crippen molar-refractivity contribution in [3.8, 4) is 5.75 Å². The molecule has 1 aliphatic rings. The third-order valence-electron chi connectivity index (χ3n) is 4.57. The molecule has 2 aromatic rings. The second kappa shape index (κ2) is 7.51. The summed E-state index contributed by atoms with van der Waals surface area (Å²) in [5.41, 5.74) is 1.03. The molecule has 1 atom stereocenters. The molecule has 0 aliphatic carbocycles. The predicted molar refractivity (Wildman–Crippen MR) is 97.3 cm³/mol. The number of benzene rings is 1. The molecule has 3 rings (SSSR count). The molecular formula is C18H24N2O3S. The maximum Gasteiger partial charge on any atom is 0.261 e. The van der Waals surface area contributed by atoms with E-state index in [0.717, 1.165) is 58.9 Å². The number of carbonyl (C=O) groups excluding carboxylic acids is 1. The van der Waals surface area contributed by atoms with Crippen LogP contribution in [0.15, 0.2) is 18.2 Å². The lowest BCUT2D eigenvalue weighted by molar-refractivity contribution is 0.0940. The molecule has 130 valence electrons. The van der Waals surface area contributed by atoms with Crippen molar-refractivity contribution in [2.45, 2.75) is 19.4 Å². The van der Waals surface area contributed by atoms with Crippen LogP contribution in [0.4, 0.5) is 0 Å². The highest BCUT2D eigenvalue weighted by atomic mass is 32.1. The molecule has 1 saturated heterocycles. The first-order valence-electron chi connectivity index (χ1n) is 8.21. The van der Waals surface area contributed by atoms with Crippen molar-refractivity contribution in [1.82, 2.24) is 10.2 Å². The zero-order valence-corrected chi connectivity index (χ0v) is 15.2. The number of amides is 1. The van der Waals surface area contributed by atoms with E-state index in [1.54, 1.807) is 25.6 Å². The quantitative estimate of drug-likeness (QED) is 0.872. The van der Waals surface area contributed by atoms with Crippen LogP contribution in [0.3, 0.4) is 0 Å². The minimum absolute atomic E-state index is 0.0336. The third kappa shape index (κ3) is 3.55. The highest BCUT2D eigenvalue weighted by molar-refractivity contribution is 7.21. The van der Waals surface area contributed by atoms with E-state index in [9.17, 15) is 4.79 Å². The zero-order chi connectivity index (χ0) is 17.1. The summed E-state index contributed by atoms with van der Waals surface area (Å²) in [7, 11) is 3.38. The van der Waals surface area contributed by atoms with E-state index >= 15 is 0 Å². The average Bonchev–Trinajstić information content (AvgIpc) is 3.17. The molecule has 1 fully saturated rings. The number of likely N-dealkylation sites (tertiary alicyclic amines) is 1. The Kier molecular flexibility index (Phi) is 5.38. The molecule has 6 heteroatoms. The van der Waals surface area contributed by atoms with Gasteiger partial charge in [0, 0.05) is 37.5 Å². The van der Waals surface area contributed by atoms with Gasteiger partial charge in [0.1, 0.15) is 5.75 Å². The fourth-order valence-electron chi connectivity index (χ4n) is 3.17. The van der Waals surface area contributed by atoms with Crippen LogP contribution in [0.2, 0.25) is 0 Å². The van der Waals surface area contributed by atoms with Crippen LogP contribution in [0.5, 0.6) is 5.75 Å². The fraction of sp³-hybridized carbons (Fsp3) is 0.500. The zero-order valence-electron chi connectivity index (χ0n) is 14.4.